The maximum atomic E-state index is 11.5. The lowest BCUT2D eigenvalue weighted by atomic mass is 10.3. The van der Waals surface area contributed by atoms with Gasteiger partial charge in [0.05, 0.1) is 22.0 Å². The highest BCUT2D eigenvalue weighted by atomic mass is 32.2. The highest BCUT2D eigenvalue weighted by Crippen LogP contribution is 2.23. The van der Waals surface area contributed by atoms with Gasteiger partial charge in [0.2, 0.25) is 0 Å². The van der Waals surface area contributed by atoms with Crippen LogP contribution in [0.2, 0.25) is 0 Å². The Bertz CT molecular complexity index is 703. The van der Waals surface area contributed by atoms with Crippen LogP contribution >= 0.6 is 11.8 Å². The fourth-order valence-electron chi connectivity index (χ4n) is 2.15. The molecule has 2 aromatic rings. The van der Waals surface area contributed by atoms with E-state index in [2.05, 4.69) is 15.3 Å². The van der Waals surface area contributed by atoms with E-state index in [-0.39, 0.29) is 6.04 Å². The summed E-state index contributed by atoms with van der Waals surface area (Å²) in [4.78, 5) is 8.08. The molecule has 102 valence electrons. The molecule has 0 bridgehead atoms. The minimum absolute atomic E-state index is 0.216. The van der Waals surface area contributed by atoms with Crippen LogP contribution in [0, 0.1) is 0 Å². The van der Waals surface area contributed by atoms with Gasteiger partial charge in [0.25, 0.3) is 0 Å². The first-order chi connectivity index (χ1) is 9.04. The Morgan fingerprint density at radius 2 is 2.26 bits per heavy atom. The number of imidazole rings is 1. The number of benzene rings is 1. The van der Waals surface area contributed by atoms with Crippen LogP contribution in [0.25, 0.3) is 11.0 Å². The van der Waals surface area contributed by atoms with Crippen LogP contribution in [0.1, 0.15) is 11.9 Å². The van der Waals surface area contributed by atoms with E-state index in [1.165, 1.54) is 6.26 Å². The lowest BCUT2D eigenvalue weighted by Crippen LogP contribution is -2.30. The Hall–Kier alpha value is -1.05. The summed E-state index contributed by atoms with van der Waals surface area (Å²) in [6.07, 6.45) is 1.21. The molecule has 1 atom stereocenters. The fraction of sp³-hybridized carbons (Fsp3) is 0.417. The Kier molecular flexibility index (Phi) is 3.28. The summed E-state index contributed by atoms with van der Waals surface area (Å²) in [5.41, 5.74) is 1.58. The second-order valence-corrected chi connectivity index (χ2v) is 7.82. The first-order valence-electron chi connectivity index (χ1n) is 6.05. The molecule has 2 heterocycles. The van der Waals surface area contributed by atoms with Crippen molar-refractivity contribution in [3.63, 3.8) is 0 Å². The molecule has 3 rings (SSSR count). The number of thioether (sulfide) groups is 1. The normalized spacial score (nSPS) is 20.8. The van der Waals surface area contributed by atoms with Gasteiger partial charge in [-0.1, -0.05) is 0 Å². The van der Waals surface area contributed by atoms with Crippen LogP contribution in [0.4, 0.5) is 0 Å². The van der Waals surface area contributed by atoms with Gasteiger partial charge in [-0.05, 0) is 18.2 Å². The van der Waals surface area contributed by atoms with Crippen LogP contribution in [-0.4, -0.2) is 42.7 Å². The quantitative estimate of drug-likeness (QED) is 0.875. The molecule has 1 fully saturated rings. The van der Waals surface area contributed by atoms with Crippen molar-refractivity contribution < 1.29 is 8.42 Å². The monoisotopic (exact) mass is 297 g/mol. The third-order valence-corrected chi connectivity index (χ3v) is 5.32. The van der Waals surface area contributed by atoms with Crippen molar-refractivity contribution in [2.45, 2.75) is 10.9 Å². The minimum atomic E-state index is -3.18. The summed E-state index contributed by atoms with van der Waals surface area (Å²) in [6, 6.07) is 5.22. The highest BCUT2D eigenvalue weighted by molar-refractivity contribution is 7.99. The number of H-pyrrole nitrogens is 1. The molecule has 0 radical (unpaired) electrons. The molecule has 1 aromatic carbocycles. The van der Waals surface area contributed by atoms with E-state index in [1.54, 1.807) is 18.2 Å². The molecule has 0 spiro atoms. The van der Waals surface area contributed by atoms with Crippen LogP contribution in [0.5, 0.6) is 0 Å². The zero-order chi connectivity index (χ0) is 13.5. The molecule has 2 N–H and O–H groups in total. The third kappa shape index (κ3) is 2.63. The van der Waals surface area contributed by atoms with Gasteiger partial charge in [-0.25, -0.2) is 13.4 Å². The fourth-order valence-corrected chi connectivity index (χ4v) is 3.73. The van der Waals surface area contributed by atoms with Crippen LogP contribution in [0.3, 0.4) is 0 Å². The van der Waals surface area contributed by atoms with Gasteiger partial charge >= 0.3 is 0 Å². The number of nitrogens with one attached hydrogen (secondary N) is 2. The van der Waals surface area contributed by atoms with Gasteiger partial charge in [0.1, 0.15) is 5.82 Å². The molecular weight excluding hydrogens is 282 g/mol. The number of hydrogen-bond acceptors (Lipinski definition) is 5. The molecule has 1 saturated heterocycles. The standard InChI is InChI=1S/C12H15N3O2S2/c1-19(16,17)8-2-3-9-10(6-8)15-12(14-9)11-7-18-5-4-13-11/h2-3,6,11,13H,4-5,7H2,1H3,(H,14,15). The van der Waals surface area contributed by atoms with Crippen molar-refractivity contribution in [1.82, 2.24) is 15.3 Å². The summed E-state index contributed by atoms with van der Waals surface area (Å²) >= 11 is 1.90. The van der Waals surface area contributed by atoms with Gasteiger partial charge < -0.3 is 10.3 Å². The lowest BCUT2D eigenvalue weighted by molar-refractivity contribution is 0.571. The summed E-state index contributed by atoms with van der Waals surface area (Å²) in [6.45, 7) is 0.973. The van der Waals surface area contributed by atoms with E-state index in [9.17, 15) is 8.42 Å². The number of nitrogens with zero attached hydrogens (tertiary/aromatic N) is 1. The topological polar surface area (TPSA) is 74.8 Å². The Balaban J connectivity index is 2.01. The van der Waals surface area contributed by atoms with E-state index in [4.69, 9.17) is 0 Å². The van der Waals surface area contributed by atoms with Gasteiger partial charge in [0, 0.05) is 24.3 Å². The zero-order valence-electron chi connectivity index (χ0n) is 10.5. The molecule has 19 heavy (non-hydrogen) atoms. The number of aromatic nitrogens is 2. The number of aromatic amines is 1. The average molecular weight is 297 g/mol. The number of sulfone groups is 1. The second kappa shape index (κ2) is 4.81. The van der Waals surface area contributed by atoms with Crippen LogP contribution in [-0.2, 0) is 9.84 Å². The Labute approximate surface area is 116 Å². The Morgan fingerprint density at radius 3 is 2.95 bits per heavy atom. The van der Waals surface area contributed by atoms with Crippen molar-refractivity contribution >= 4 is 32.6 Å². The van der Waals surface area contributed by atoms with Crippen molar-refractivity contribution in [3.8, 4) is 0 Å². The van der Waals surface area contributed by atoms with Gasteiger partial charge in [-0.2, -0.15) is 11.8 Å². The van der Waals surface area contributed by atoms with Crippen molar-refractivity contribution in [2.75, 3.05) is 24.3 Å². The van der Waals surface area contributed by atoms with Gasteiger partial charge in [0.15, 0.2) is 9.84 Å². The third-order valence-electron chi connectivity index (χ3n) is 3.15. The molecule has 0 aliphatic carbocycles. The Morgan fingerprint density at radius 1 is 1.42 bits per heavy atom. The zero-order valence-corrected chi connectivity index (χ0v) is 12.1. The molecule has 1 aliphatic rings. The van der Waals surface area contributed by atoms with Gasteiger partial charge in [-0.15, -0.1) is 0 Å². The maximum absolute atomic E-state index is 11.5. The summed E-state index contributed by atoms with van der Waals surface area (Å²) in [5.74, 6) is 2.99. The van der Waals surface area contributed by atoms with E-state index < -0.39 is 9.84 Å². The molecule has 1 aliphatic heterocycles. The molecule has 5 nitrogen and oxygen atoms in total. The number of hydrogen-bond donors (Lipinski definition) is 2. The average Bonchev–Trinajstić information content (AvgIpc) is 2.81. The number of fused-ring (bicyclic) bond motifs is 1. The van der Waals surface area contributed by atoms with Crippen molar-refractivity contribution in [1.29, 1.82) is 0 Å². The van der Waals surface area contributed by atoms with Crippen molar-refractivity contribution in [3.05, 3.63) is 24.0 Å². The predicted octanol–water partition coefficient (Wildman–Crippen LogP) is 1.34. The second-order valence-electron chi connectivity index (χ2n) is 4.65. The molecule has 1 unspecified atom stereocenters. The smallest absolute Gasteiger partial charge is 0.175 e. The largest absolute Gasteiger partial charge is 0.341 e. The molecule has 0 amide bonds. The first kappa shape index (κ1) is 13.0. The predicted molar refractivity (Wildman–Crippen MR) is 77.3 cm³/mol. The SMILES string of the molecule is CS(=O)(=O)c1ccc2nc(C3CSCCN3)[nH]c2c1. The van der Waals surface area contributed by atoms with E-state index in [0.717, 1.165) is 34.9 Å². The van der Waals surface area contributed by atoms with Crippen LogP contribution in [0.15, 0.2) is 23.1 Å². The van der Waals surface area contributed by atoms with E-state index >= 15 is 0 Å². The van der Waals surface area contributed by atoms with E-state index in [1.807, 2.05) is 11.8 Å². The number of rotatable bonds is 2. The lowest BCUT2D eigenvalue weighted by Gasteiger charge is -2.20. The van der Waals surface area contributed by atoms with Crippen molar-refractivity contribution in [2.24, 2.45) is 0 Å². The molecule has 7 heteroatoms. The van der Waals surface area contributed by atoms with Gasteiger partial charge in [-0.3, -0.25) is 0 Å². The summed E-state index contributed by atoms with van der Waals surface area (Å²) < 4.78 is 23.1. The molecular formula is C12H15N3O2S2. The maximum Gasteiger partial charge on any atom is 0.175 e. The highest BCUT2D eigenvalue weighted by Gasteiger charge is 2.19. The molecule has 1 aromatic heterocycles. The summed E-state index contributed by atoms with van der Waals surface area (Å²) in [7, 11) is -3.18. The minimum Gasteiger partial charge on any atom is -0.341 e. The van der Waals surface area contributed by atoms with Crippen LogP contribution < -0.4 is 5.32 Å². The molecule has 0 saturated carbocycles. The van der Waals surface area contributed by atoms with E-state index in [0.29, 0.717) is 4.90 Å². The first-order valence-corrected chi connectivity index (χ1v) is 9.09. The summed E-state index contributed by atoms with van der Waals surface area (Å²) in [5, 5.41) is 3.41.